The van der Waals surface area contributed by atoms with Gasteiger partial charge in [0.05, 0.1) is 11.4 Å². The minimum Gasteiger partial charge on any atom is -0.353 e. The molecule has 24 heavy (non-hydrogen) atoms. The van der Waals surface area contributed by atoms with Crippen molar-refractivity contribution in [1.29, 1.82) is 0 Å². The van der Waals surface area contributed by atoms with E-state index >= 15 is 0 Å². The lowest BCUT2D eigenvalue weighted by atomic mass is 9.95. The van der Waals surface area contributed by atoms with Gasteiger partial charge in [-0.15, -0.1) is 0 Å². The molecule has 2 aromatic rings. The van der Waals surface area contributed by atoms with E-state index in [-0.39, 0.29) is 17.6 Å². The van der Waals surface area contributed by atoms with Crippen LogP contribution in [0.25, 0.3) is 10.8 Å². The molecule has 1 unspecified atom stereocenters. The predicted molar refractivity (Wildman–Crippen MR) is 97.5 cm³/mol. The van der Waals surface area contributed by atoms with Crippen molar-refractivity contribution in [1.82, 2.24) is 9.78 Å². The van der Waals surface area contributed by atoms with Gasteiger partial charge in [-0.3, -0.25) is 4.79 Å². The molecule has 1 aromatic heterocycles. The second kappa shape index (κ2) is 6.55. The standard InChI is InChI=1S/C19H26N4O/c20-14-7-6-12-22(13-14)18-16-10-4-5-11-17(16)19(24)23(21-18)15-8-2-1-3-9-15/h4-5,10-11,14-15H,1-3,6-9,12-13,20H2. The van der Waals surface area contributed by atoms with Gasteiger partial charge >= 0.3 is 0 Å². The van der Waals surface area contributed by atoms with Gasteiger partial charge in [-0.25, -0.2) is 4.68 Å². The average Bonchev–Trinajstić information content (AvgIpc) is 2.63. The van der Waals surface area contributed by atoms with E-state index in [1.165, 1.54) is 19.3 Å². The Morgan fingerprint density at radius 1 is 1.00 bits per heavy atom. The Morgan fingerprint density at radius 3 is 2.50 bits per heavy atom. The minimum absolute atomic E-state index is 0.0579. The molecule has 2 fully saturated rings. The van der Waals surface area contributed by atoms with Crippen LogP contribution in [0.2, 0.25) is 0 Å². The number of benzene rings is 1. The van der Waals surface area contributed by atoms with Gasteiger partial charge in [0.25, 0.3) is 5.56 Å². The van der Waals surface area contributed by atoms with E-state index in [0.29, 0.717) is 0 Å². The molecule has 0 spiro atoms. The molecule has 1 saturated carbocycles. The van der Waals surface area contributed by atoms with E-state index in [2.05, 4.69) is 4.90 Å². The molecule has 5 nitrogen and oxygen atoms in total. The molecule has 5 heteroatoms. The Labute approximate surface area is 142 Å². The Morgan fingerprint density at radius 2 is 1.75 bits per heavy atom. The van der Waals surface area contributed by atoms with Crippen molar-refractivity contribution in [2.45, 2.75) is 57.0 Å². The van der Waals surface area contributed by atoms with E-state index in [9.17, 15) is 4.79 Å². The molecule has 1 aliphatic carbocycles. The summed E-state index contributed by atoms with van der Waals surface area (Å²) in [5.41, 5.74) is 6.24. The van der Waals surface area contributed by atoms with Gasteiger partial charge in [0.1, 0.15) is 0 Å². The number of hydrogen-bond donors (Lipinski definition) is 1. The van der Waals surface area contributed by atoms with Gasteiger partial charge in [0.2, 0.25) is 0 Å². The van der Waals surface area contributed by atoms with Gasteiger partial charge in [-0.1, -0.05) is 37.5 Å². The Balaban J connectivity index is 1.85. The van der Waals surface area contributed by atoms with Crippen LogP contribution >= 0.6 is 0 Å². The molecule has 4 rings (SSSR count). The Bertz CT molecular complexity index is 779. The zero-order chi connectivity index (χ0) is 16.5. The lowest BCUT2D eigenvalue weighted by Crippen LogP contribution is -2.44. The molecule has 0 amide bonds. The van der Waals surface area contributed by atoms with Crippen molar-refractivity contribution in [3.8, 4) is 0 Å². The summed E-state index contributed by atoms with van der Waals surface area (Å²) in [5.74, 6) is 0.936. The summed E-state index contributed by atoms with van der Waals surface area (Å²) >= 11 is 0. The van der Waals surface area contributed by atoms with Crippen LogP contribution in [0.3, 0.4) is 0 Å². The highest BCUT2D eigenvalue weighted by molar-refractivity contribution is 5.91. The summed E-state index contributed by atoms with van der Waals surface area (Å²) in [6.45, 7) is 1.79. The molecule has 2 aliphatic rings. The molecule has 1 saturated heterocycles. The van der Waals surface area contributed by atoms with E-state index in [1.54, 1.807) is 4.68 Å². The number of rotatable bonds is 2. The molecule has 2 heterocycles. The molecular weight excluding hydrogens is 300 g/mol. The lowest BCUT2D eigenvalue weighted by molar-refractivity contribution is 0.319. The first-order valence-electron chi connectivity index (χ1n) is 9.26. The highest BCUT2D eigenvalue weighted by atomic mass is 16.1. The van der Waals surface area contributed by atoms with Crippen molar-refractivity contribution in [2.75, 3.05) is 18.0 Å². The van der Waals surface area contributed by atoms with Gasteiger partial charge in [0, 0.05) is 24.5 Å². The monoisotopic (exact) mass is 326 g/mol. The molecular formula is C19H26N4O. The zero-order valence-electron chi connectivity index (χ0n) is 14.2. The smallest absolute Gasteiger partial charge is 0.275 e. The topological polar surface area (TPSA) is 64.2 Å². The summed E-state index contributed by atoms with van der Waals surface area (Å²) in [5, 5.41) is 6.60. The summed E-state index contributed by atoms with van der Waals surface area (Å²) in [6, 6.07) is 8.32. The fourth-order valence-electron chi connectivity index (χ4n) is 4.20. The van der Waals surface area contributed by atoms with Crippen LogP contribution in [0.5, 0.6) is 0 Å². The third-order valence-electron chi connectivity index (χ3n) is 5.49. The highest BCUT2D eigenvalue weighted by Gasteiger charge is 2.24. The van der Waals surface area contributed by atoms with Gasteiger partial charge in [0.15, 0.2) is 5.82 Å². The van der Waals surface area contributed by atoms with Crippen LogP contribution in [0, 0.1) is 0 Å². The number of nitrogens with two attached hydrogens (primary N) is 1. The second-order valence-electron chi connectivity index (χ2n) is 7.26. The number of piperidine rings is 1. The van der Waals surface area contributed by atoms with E-state index in [0.717, 1.165) is 55.4 Å². The lowest BCUT2D eigenvalue weighted by Gasteiger charge is -2.33. The van der Waals surface area contributed by atoms with Crippen molar-refractivity contribution >= 4 is 16.6 Å². The van der Waals surface area contributed by atoms with Gasteiger partial charge in [-0.2, -0.15) is 5.10 Å². The van der Waals surface area contributed by atoms with E-state index in [1.807, 2.05) is 24.3 Å². The van der Waals surface area contributed by atoms with E-state index in [4.69, 9.17) is 10.8 Å². The van der Waals surface area contributed by atoms with Crippen molar-refractivity contribution in [3.63, 3.8) is 0 Å². The molecule has 0 bridgehead atoms. The molecule has 1 aliphatic heterocycles. The first-order chi connectivity index (χ1) is 11.7. The third-order valence-corrected chi connectivity index (χ3v) is 5.49. The van der Waals surface area contributed by atoms with Crippen LogP contribution in [-0.4, -0.2) is 28.9 Å². The zero-order valence-corrected chi connectivity index (χ0v) is 14.2. The third kappa shape index (κ3) is 2.81. The summed E-state index contributed by atoms with van der Waals surface area (Å²) in [4.78, 5) is 15.3. The fraction of sp³-hybridized carbons (Fsp3) is 0.579. The molecule has 0 radical (unpaired) electrons. The van der Waals surface area contributed by atoms with Gasteiger partial charge in [-0.05, 0) is 31.7 Å². The minimum atomic E-state index is 0.0579. The number of anilines is 1. The maximum absolute atomic E-state index is 13.0. The Kier molecular flexibility index (Phi) is 4.27. The maximum Gasteiger partial charge on any atom is 0.275 e. The van der Waals surface area contributed by atoms with Gasteiger partial charge < -0.3 is 10.6 Å². The number of nitrogens with zero attached hydrogens (tertiary/aromatic N) is 3. The van der Waals surface area contributed by atoms with Crippen LogP contribution in [0.1, 0.15) is 51.0 Å². The van der Waals surface area contributed by atoms with Crippen LogP contribution in [0.4, 0.5) is 5.82 Å². The largest absolute Gasteiger partial charge is 0.353 e. The molecule has 1 atom stereocenters. The second-order valence-corrected chi connectivity index (χ2v) is 7.26. The van der Waals surface area contributed by atoms with Crippen LogP contribution in [-0.2, 0) is 0 Å². The normalized spacial score (nSPS) is 22.9. The predicted octanol–water partition coefficient (Wildman–Crippen LogP) is 2.83. The van der Waals surface area contributed by atoms with Crippen molar-refractivity contribution < 1.29 is 0 Å². The summed E-state index contributed by atoms with van der Waals surface area (Å²) in [6.07, 6.45) is 7.92. The number of hydrogen-bond acceptors (Lipinski definition) is 4. The fourth-order valence-corrected chi connectivity index (χ4v) is 4.20. The SMILES string of the molecule is NC1CCCN(c2nn(C3CCCCC3)c(=O)c3ccccc23)C1. The first-order valence-corrected chi connectivity index (χ1v) is 9.26. The number of aromatic nitrogens is 2. The van der Waals surface area contributed by atoms with Crippen molar-refractivity contribution in [2.24, 2.45) is 5.73 Å². The first kappa shape index (κ1) is 15.6. The Hall–Kier alpha value is -1.88. The quantitative estimate of drug-likeness (QED) is 0.922. The summed E-state index contributed by atoms with van der Waals surface area (Å²) < 4.78 is 1.77. The summed E-state index contributed by atoms with van der Waals surface area (Å²) in [7, 11) is 0. The maximum atomic E-state index is 13.0. The van der Waals surface area contributed by atoms with Crippen LogP contribution < -0.4 is 16.2 Å². The molecule has 2 N–H and O–H groups in total. The average molecular weight is 326 g/mol. The molecule has 128 valence electrons. The van der Waals surface area contributed by atoms with E-state index < -0.39 is 0 Å². The number of fused-ring (bicyclic) bond motifs is 1. The molecule has 1 aromatic carbocycles. The highest BCUT2D eigenvalue weighted by Crippen LogP contribution is 2.30. The van der Waals surface area contributed by atoms with Crippen LogP contribution in [0.15, 0.2) is 29.1 Å². The van der Waals surface area contributed by atoms with Crippen molar-refractivity contribution in [3.05, 3.63) is 34.6 Å².